The lowest BCUT2D eigenvalue weighted by atomic mass is 9.95. The first kappa shape index (κ1) is 14.5. The third kappa shape index (κ3) is 5.04. The summed E-state index contributed by atoms with van der Waals surface area (Å²) in [5.74, 6) is -0.106. The van der Waals surface area contributed by atoms with Gasteiger partial charge in [-0.25, -0.2) is 0 Å². The van der Waals surface area contributed by atoms with E-state index in [1.54, 1.807) is 0 Å². The van der Waals surface area contributed by atoms with Crippen LogP contribution in [-0.4, -0.2) is 49.7 Å². The van der Waals surface area contributed by atoms with Gasteiger partial charge in [0, 0.05) is 6.04 Å². The molecule has 0 radical (unpaired) electrons. The van der Waals surface area contributed by atoms with Crippen molar-refractivity contribution in [3.05, 3.63) is 0 Å². The number of rotatable bonds is 8. The SMILES string of the molecule is CCOC(=O)C(C)(CCCN(C)C)NC1CC1. The Morgan fingerprint density at radius 3 is 2.59 bits per heavy atom. The van der Waals surface area contributed by atoms with Crippen molar-refractivity contribution in [3.8, 4) is 0 Å². The summed E-state index contributed by atoms with van der Waals surface area (Å²) < 4.78 is 5.18. The molecular formula is C13H26N2O2. The van der Waals surface area contributed by atoms with Gasteiger partial charge in [-0.1, -0.05) is 0 Å². The highest BCUT2D eigenvalue weighted by Gasteiger charge is 2.39. The highest BCUT2D eigenvalue weighted by Crippen LogP contribution is 2.25. The molecule has 0 aromatic heterocycles. The van der Waals surface area contributed by atoms with Crippen LogP contribution in [0.25, 0.3) is 0 Å². The number of nitrogens with one attached hydrogen (secondary N) is 1. The molecule has 1 aliphatic carbocycles. The van der Waals surface area contributed by atoms with Crippen molar-refractivity contribution in [2.75, 3.05) is 27.2 Å². The van der Waals surface area contributed by atoms with E-state index in [4.69, 9.17) is 4.74 Å². The zero-order chi connectivity index (χ0) is 12.9. The molecule has 0 spiro atoms. The summed E-state index contributed by atoms with van der Waals surface area (Å²) >= 11 is 0. The van der Waals surface area contributed by atoms with Gasteiger partial charge in [-0.3, -0.25) is 10.1 Å². The molecule has 100 valence electrons. The molecule has 1 rings (SSSR count). The minimum absolute atomic E-state index is 0.106. The third-order valence-electron chi connectivity index (χ3n) is 3.11. The van der Waals surface area contributed by atoms with Crippen molar-refractivity contribution in [3.63, 3.8) is 0 Å². The monoisotopic (exact) mass is 242 g/mol. The lowest BCUT2D eigenvalue weighted by Crippen LogP contribution is -2.51. The van der Waals surface area contributed by atoms with Gasteiger partial charge in [-0.05, 0) is 60.2 Å². The molecule has 1 saturated carbocycles. The number of hydrogen-bond donors (Lipinski definition) is 1. The molecule has 1 atom stereocenters. The van der Waals surface area contributed by atoms with E-state index in [0.717, 1.165) is 19.4 Å². The molecule has 1 fully saturated rings. The molecule has 17 heavy (non-hydrogen) atoms. The smallest absolute Gasteiger partial charge is 0.326 e. The van der Waals surface area contributed by atoms with Crippen LogP contribution in [0.4, 0.5) is 0 Å². The standard InChI is InChI=1S/C13H26N2O2/c1-5-17-12(16)13(2,14-11-7-8-11)9-6-10-15(3)4/h11,14H,5-10H2,1-4H3. The Labute approximate surface area is 105 Å². The van der Waals surface area contributed by atoms with Crippen LogP contribution in [0.3, 0.4) is 0 Å². The van der Waals surface area contributed by atoms with Crippen LogP contribution in [-0.2, 0) is 9.53 Å². The van der Waals surface area contributed by atoms with Crippen LogP contribution in [0.5, 0.6) is 0 Å². The van der Waals surface area contributed by atoms with E-state index >= 15 is 0 Å². The highest BCUT2D eigenvalue weighted by molar-refractivity contribution is 5.80. The van der Waals surface area contributed by atoms with Gasteiger partial charge in [0.1, 0.15) is 5.54 Å². The van der Waals surface area contributed by atoms with Crippen LogP contribution in [0.2, 0.25) is 0 Å². The fourth-order valence-electron chi connectivity index (χ4n) is 1.95. The van der Waals surface area contributed by atoms with Crippen LogP contribution in [0.1, 0.15) is 39.5 Å². The molecule has 1 N–H and O–H groups in total. The van der Waals surface area contributed by atoms with Gasteiger partial charge >= 0.3 is 5.97 Å². The van der Waals surface area contributed by atoms with Gasteiger partial charge in [-0.15, -0.1) is 0 Å². The predicted molar refractivity (Wildman–Crippen MR) is 69.0 cm³/mol. The van der Waals surface area contributed by atoms with Gasteiger partial charge in [0.25, 0.3) is 0 Å². The first-order chi connectivity index (χ1) is 7.98. The molecule has 1 aliphatic rings. The third-order valence-corrected chi connectivity index (χ3v) is 3.11. The fourth-order valence-corrected chi connectivity index (χ4v) is 1.95. The number of nitrogens with zero attached hydrogens (tertiary/aromatic N) is 1. The Balaban J connectivity index is 2.47. The second-order valence-electron chi connectivity index (χ2n) is 5.38. The Morgan fingerprint density at radius 1 is 1.47 bits per heavy atom. The largest absolute Gasteiger partial charge is 0.465 e. The molecule has 0 aromatic rings. The molecule has 0 bridgehead atoms. The van der Waals surface area contributed by atoms with E-state index < -0.39 is 5.54 Å². The molecule has 4 nitrogen and oxygen atoms in total. The summed E-state index contributed by atoms with van der Waals surface area (Å²) in [5.41, 5.74) is -0.507. The van der Waals surface area contributed by atoms with Crippen LogP contribution >= 0.6 is 0 Å². The van der Waals surface area contributed by atoms with Gasteiger partial charge in [0.2, 0.25) is 0 Å². The summed E-state index contributed by atoms with van der Waals surface area (Å²) in [6.07, 6.45) is 4.20. The normalized spacial score (nSPS) is 19.1. The van der Waals surface area contributed by atoms with Gasteiger partial charge in [0.05, 0.1) is 6.61 Å². The first-order valence-electron chi connectivity index (χ1n) is 6.57. The lowest BCUT2D eigenvalue weighted by Gasteiger charge is -2.29. The summed E-state index contributed by atoms with van der Waals surface area (Å²) in [7, 11) is 4.10. The summed E-state index contributed by atoms with van der Waals surface area (Å²) in [6, 6.07) is 0.517. The highest BCUT2D eigenvalue weighted by atomic mass is 16.5. The first-order valence-corrected chi connectivity index (χ1v) is 6.57. The molecular weight excluding hydrogens is 216 g/mol. The molecule has 4 heteroatoms. The van der Waals surface area contributed by atoms with Crippen LogP contribution in [0, 0.1) is 0 Å². The van der Waals surface area contributed by atoms with Gasteiger partial charge in [-0.2, -0.15) is 0 Å². The molecule has 0 amide bonds. The molecule has 0 saturated heterocycles. The minimum Gasteiger partial charge on any atom is -0.465 e. The van der Waals surface area contributed by atoms with Gasteiger partial charge < -0.3 is 9.64 Å². The molecule has 0 aromatic carbocycles. The van der Waals surface area contributed by atoms with Crippen LogP contribution in [0.15, 0.2) is 0 Å². The minimum atomic E-state index is -0.507. The summed E-state index contributed by atoms with van der Waals surface area (Å²) in [5, 5.41) is 3.43. The maximum Gasteiger partial charge on any atom is 0.326 e. The number of carbonyl (C=O) groups excluding carboxylic acids is 1. The number of esters is 1. The zero-order valence-electron chi connectivity index (χ0n) is 11.6. The molecule has 0 aliphatic heterocycles. The van der Waals surface area contributed by atoms with Crippen molar-refractivity contribution in [1.82, 2.24) is 10.2 Å². The van der Waals surface area contributed by atoms with Crippen molar-refractivity contribution < 1.29 is 9.53 Å². The Morgan fingerprint density at radius 2 is 2.12 bits per heavy atom. The number of ether oxygens (including phenoxy) is 1. The van der Waals surface area contributed by atoms with E-state index in [1.807, 2.05) is 13.8 Å². The van der Waals surface area contributed by atoms with Crippen molar-refractivity contribution in [2.45, 2.75) is 51.1 Å². The van der Waals surface area contributed by atoms with Crippen molar-refractivity contribution in [2.24, 2.45) is 0 Å². The molecule has 0 heterocycles. The van der Waals surface area contributed by atoms with E-state index in [0.29, 0.717) is 12.6 Å². The predicted octanol–water partition coefficient (Wildman–Crippen LogP) is 1.40. The number of carbonyl (C=O) groups is 1. The average Bonchev–Trinajstić information content (AvgIpc) is 3.01. The Bertz CT molecular complexity index is 252. The Hall–Kier alpha value is -0.610. The second kappa shape index (κ2) is 6.36. The maximum absolute atomic E-state index is 12.0. The number of hydrogen-bond acceptors (Lipinski definition) is 4. The van der Waals surface area contributed by atoms with Crippen molar-refractivity contribution >= 4 is 5.97 Å². The fraction of sp³-hybridized carbons (Fsp3) is 0.923. The topological polar surface area (TPSA) is 41.6 Å². The zero-order valence-corrected chi connectivity index (χ0v) is 11.6. The summed E-state index contributed by atoms with van der Waals surface area (Å²) in [4.78, 5) is 14.1. The summed E-state index contributed by atoms with van der Waals surface area (Å²) in [6.45, 7) is 5.28. The maximum atomic E-state index is 12.0. The lowest BCUT2D eigenvalue weighted by molar-refractivity contribution is -0.151. The quantitative estimate of drug-likeness (QED) is 0.653. The second-order valence-corrected chi connectivity index (χ2v) is 5.38. The molecule has 1 unspecified atom stereocenters. The van der Waals surface area contributed by atoms with E-state index in [1.165, 1.54) is 12.8 Å². The van der Waals surface area contributed by atoms with Gasteiger partial charge in [0.15, 0.2) is 0 Å². The van der Waals surface area contributed by atoms with E-state index in [9.17, 15) is 4.79 Å². The van der Waals surface area contributed by atoms with E-state index in [-0.39, 0.29) is 5.97 Å². The van der Waals surface area contributed by atoms with Crippen molar-refractivity contribution in [1.29, 1.82) is 0 Å². The van der Waals surface area contributed by atoms with Crippen LogP contribution < -0.4 is 5.32 Å². The Kier molecular flexibility index (Phi) is 5.40. The van der Waals surface area contributed by atoms with E-state index in [2.05, 4.69) is 24.3 Å². The average molecular weight is 242 g/mol.